The first-order valence-electron chi connectivity index (χ1n) is 19.9. The molecule has 55 heavy (non-hydrogen) atoms. The largest absolute Gasteiger partial charge is 0.508 e. The molecule has 306 valence electrons. The molecule has 1 aliphatic carbocycles. The van der Waals surface area contributed by atoms with Gasteiger partial charge in [-0.3, -0.25) is 14.4 Å². The molecule has 0 aromatic heterocycles. The molecule has 0 bridgehead atoms. The maximum absolute atomic E-state index is 12.8. The zero-order chi connectivity index (χ0) is 40.5. The molecule has 7 atom stereocenters. The number of allylic oxidation sites excluding steroid dienone is 4. The van der Waals surface area contributed by atoms with Crippen LogP contribution in [0.5, 0.6) is 5.75 Å². The SMILES string of the molecule is CC(C)/C(=C\C=C\N1C(=O)[C@H](C)C1C1=CCC(C)(c2cccc(O)c2)C=C1)CNC(=O)CCCCCCCCCCC(=O)NCC(O)C(O)C(O)[C@H](O)CO. The van der Waals surface area contributed by atoms with E-state index in [4.69, 9.17) is 5.11 Å². The lowest BCUT2D eigenvalue weighted by Gasteiger charge is -2.45. The number of β-lactam (4-membered cyclic amide) rings is 1. The summed E-state index contributed by atoms with van der Waals surface area (Å²) in [5.41, 5.74) is 3.01. The van der Waals surface area contributed by atoms with Crippen molar-refractivity contribution >= 4 is 17.7 Å². The first kappa shape index (κ1) is 45.6. The van der Waals surface area contributed by atoms with Crippen molar-refractivity contribution < 1.29 is 45.0 Å². The lowest BCUT2D eigenvalue weighted by Crippen LogP contribution is -2.57. The number of aliphatic hydroxyl groups is 5. The van der Waals surface area contributed by atoms with Gasteiger partial charge in [0.1, 0.15) is 24.1 Å². The van der Waals surface area contributed by atoms with Crippen LogP contribution < -0.4 is 10.6 Å². The van der Waals surface area contributed by atoms with Crippen molar-refractivity contribution in [1.29, 1.82) is 0 Å². The zero-order valence-corrected chi connectivity index (χ0v) is 33.1. The summed E-state index contributed by atoms with van der Waals surface area (Å²) < 4.78 is 0. The van der Waals surface area contributed by atoms with Crippen molar-refractivity contribution in [1.82, 2.24) is 15.5 Å². The van der Waals surface area contributed by atoms with E-state index in [1.54, 1.807) is 17.0 Å². The Morgan fingerprint density at radius 3 is 2.09 bits per heavy atom. The van der Waals surface area contributed by atoms with E-state index in [0.29, 0.717) is 19.4 Å². The van der Waals surface area contributed by atoms with Gasteiger partial charge in [0.05, 0.1) is 24.7 Å². The van der Waals surface area contributed by atoms with Crippen LogP contribution in [0.25, 0.3) is 0 Å². The van der Waals surface area contributed by atoms with Crippen molar-refractivity contribution in [2.75, 3.05) is 19.7 Å². The number of nitrogens with one attached hydrogen (secondary N) is 2. The fraction of sp³-hybridized carbons (Fsp3) is 0.605. The van der Waals surface area contributed by atoms with Crippen LogP contribution in [0.4, 0.5) is 0 Å². The third-order valence-corrected chi connectivity index (χ3v) is 10.8. The Kier molecular flexibility index (Phi) is 18.8. The Morgan fingerprint density at radius 1 is 0.927 bits per heavy atom. The number of unbranched alkanes of at least 4 members (excludes halogenated alkanes) is 7. The molecule has 0 radical (unpaired) electrons. The Labute approximate surface area is 326 Å². The molecular weight excluding hydrogens is 702 g/mol. The molecule has 1 aliphatic heterocycles. The summed E-state index contributed by atoms with van der Waals surface area (Å²) in [4.78, 5) is 39.2. The number of rotatable bonds is 24. The first-order valence-corrected chi connectivity index (χ1v) is 19.9. The van der Waals surface area contributed by atoms with Gasteiger partial charge in [0.25, 0.3) is 0 Å². The molecule has 1 saturated heterocycles. The summed E-state index contributed by atoms with van der Waals surface area (Å²) in [5, 5.41) is 63.1. The number of carbonyl (C=O) groups is 3. The number of benzene rings is 1. The smallest absolute Gasteiger partial charge is 0.232 e. The van der Waals surface area contributed by atoms with Crippen molar-refractivity contribution in [3.63, 3.8) is 0 Å². The third-order valence-electron chi connectivity index (χ3n) is 10.8. The lowest BCUT2D eigenvalue weighted by molar-refractivity contribution is -0.147. The van der Waals surface area contributed by atoms with Crippen LogP contribution in [0.15, 0.2) is 72.0 Å². The Bertz CT molecular complexity index is 1520. The minimum absolute atomic E-state index is 0.0234. The summed E-state index contributed by atoms with van der Waals surface area (Å²) in [7, 11) is 0. The maximum atomic E-state index is 12.8. The molecule has 12 heteroatoms. The molecule has 1 fully saturated rings. The highest BCUT2D eigenvalue weighted by atomic mass is 16.4. The van der Waals surface area contributed by atoms with Gasteiger partial charge in [-0.25, -0.2) is 0 Å². The molecule has 12 nitrogen and oxygen atoms in total. The fourth-order valence-corrected chi connectivity index (χ4v) is 6.95. The van der Waals surface area contributed by atoms with Gasteiger partial charge in [-0.15, -0.1) is 0 Å². The number of phenols is 1. The van der Waals surface area contributed by atoms with Crippen LogP contribution in [-0.4, -0.2) is 103 Å². The van der Waals surface area contributed by atoms with Crippen LogP contribution in [0, 0.1) is 11.8 Å². The van der Waals surface area contributed by atoms with Crippen LogP contribution in [-0.2, 0) is 19.8 Å². The second-order valence-corrected chi connectivity index (χ2v) is 15.6. The number of hydrogen-bond donors (Lipinski definition) is 8. The summed E-state index contributed by atoms with van der Waals surface area (Å²) in [5.74, 6) is 0.194. The van der Waals surface area contributed by atoms with Crippen molar-refractivity contribution in [3.8, 4) is 5.75 Å². The van der Waals surface area contributed by atoms with Crippen molar-refractivity contribution in [2.45, 2.75) is 134 Å². The standard InChI is InChI=1S/C43H65N3O9/c1-29(2)32(15-14-24-46-39(30(3)42(46)55)31-20-22-43(4,23-21-31)33-16-13-17-34(48)25-33)26-44-37(51)18-11-9-7-5-6-8-10-12-19-38(52)45-27-35(49)40(53)41(54)36(50)28-47/h13-17,20-22,24-25,29-30,35-36,39-41,47-50,53-54H,5-12,18-19,23,26-28H2,1-4H3,(H,44,51)(H,45,52)/b24-14+,32-15-/t30-,35?,36-,39?,40?,41?,43?/m1/s1. The lowest BCUT2D eigenvalue weighted by atomic mass is 9.73. The quantitative estimate of drug-likeness (QED) is 0.0435. The molecule has 1 aromatic rings. The van der Waals surface area contributed by atoms with Gasteiger partial charge in [0, 0.05) is 37.5 Å². The molecule has 0 spiro atoms. The molecule has 0 saturated carbocycles. The van der Waals surface area contributed by atoms with Gasteiger partial charge in [-0.1, -0.05) is 103 Å². The number of nitrogens with zero attached hydrogens (tertiary/aromatic N) is 1. The van der Waals surface area contributed by atoms with Crippen LogP contribution >= 0.6 is 0 Å². The van der Waals surface area contributed by atoms with E-state index in [2.05, 4.69) is 49.6 Å². The molecule has 2 aliphatic rings. The van der Waals surface area contributed by atoms with Crippen LogP contribution in [0.2, 0.25) is 0 Å². The van der Waals surface area contributed by atoms with E-state index in [-0.39, 0.29) is 59.7 Å². The number of phenolic OH excluding ortho intramolecular Hbond substituents is 1. The van der Waals surface area contributed by atoms with Gasteiger partial charge in [-0.05, 0) is 60.1 Å². The van der Waals surface area contributed by atoms with Gasteiger partial charge in [0.2, 0.25) is 17.7 Å². The topological polar surface area (TPSA) is 200 Å². The number of hydrogen-bond acceptors (Lipinski definition) is 9. The van der Waals surface area contributed by atoms with Crippen LogP contribution in [0.3, 0.4) is 0 Å². The highest BCUT2D eigenvalue weighted by Crippen LogP contribution is 2.40. The summed E-state index contributed by atoms with van der Waals surface area (Å²) >= 11 is 0. The summed E-state index contributed by atoms with van der Waals surface area (Å²) in [6.07, 6.45) is 14.7. The van der Waals surface area contributed by atoms with Gasteiger partial charge >= 0.3 is 0 Å². The zero-order valence-electron chi connectivity index (χ0n) is 33.1. The van der Waals surface area contributed by atoms with E-state index in [9.17, 15) is 39.9 Å². The highest BCUT2D eigenvalue weighted by Gasteiger charge is 2.45. The number of aromatic hydroxyl groups is 1. The second-order valence-electron chi connectivity index (χ2n) is 15.6. The van der Waals surface area contributed by atoms with Gasteiger partial charge < -0.3 is 46.2 Å². The number of likely N-dealkylation sites (tertiary alicyclic amines) is 1. The average Bonchev–Trinajstić information content (AvgIpc) is 3.17. The monoisotopic (exact) mass is 767 g/mol. The maximum Gasteiger partial charge on any atom is 0.232 e. The molecular formula is C43H65N3O9. The number of aliphatic hydroxyl groups excluding tert-OH is 5. The van der Waals surface area contributed by atoms with E-state index in [0.717, 1.165) is 68.1 Å². The van der Waals surface area contributed by atoms with E-state index in [1.807, 2.05) is 37.4 Å². The summed E-state index contributed by atoms with van der Waals surface area (Å²) in [6.45, 7) is 7.70. The molecule has 3 rings (SSSR count). The number of carbonyl (C=O) groups excluding carboxylic acids is 3. The molecule has 1 aromatic carbocycles. The Morgan fingerprint density at radius 2 is 1.53 bits per heavy atom. The van der Waals surface area contributed by atoms with E-state index < -0.39 is 31.0 Å². The Balaban J connectivity index is 1.28. The van der Waals surface area contributed by atoms with Crippen molar-refractivity contribution in [2.24, 2.45) is 11.8 Å². The predicted molar refractivity (Wildman–Crippen MR) is 212 cm³/mol. The molecule has 8 N–H and O–H groups in total. The minimum Gasteiger partial charge on any atom is -0.508 e. The predicted octanol–water partition coefficient (Wildman–Crippen LogP) is 4.05. The number of amides is 3. The highest BCUT2D eigenvalue weighted by molar-refractivity contribution is 5.88. The third kappa shape index (κ3) is 14.0. The molecule has 3 amide bonds. The molecule has 5 unspecified atom stereocenters. The Hall–Kier alpha value is -3.81. The van der Waals surface area contributed by atoms with Crippen LogP contribution in [0.1, 0.15) is 104 Å². The van der Waals surface area contributed by atoms with Gasteiger partial charge in [0.15, 0.2) is 0 Å². The van der Waals surface area contributed by atoms with E-state index in [1.165, 1.54) is 0 Å². The average molecular weight is 768 g/mol. The van der Waals surface area contributed by atoms with Crippen molar-refractivity contribution in [3.05, 3.63) is 77.6 Å². The van der Waals surface area contributed by atoms with Gasteiger partial charge in [-0.2, -0.15) is 0 Å². The first-order chi connectivity index (χ1) is 26.2. The van der Waals surface area contributed by atoms with E-state index >= 15 is 0 Å². The molecule has 1 heterocycles. The summed E-state index contributed by atoms with van der Waals surface area (Å²) in [6, 6.07) is 7.33. The second kappa shape index (κ2) is 22.7. The minimum atomic E-state index is -1.72. The fourth-order valence-electron chi connectivity index (χ4n) is 6.95. The normalized spacial score (nSPS) is 22.3.